The summed E-state index contributed by atoms with van der Waals surface area (Å²) >= 11 is 7.53. The van der Waals surface area contributed by atoms with Crippen LogP contribution in [0.25, 0.3) is 0 Å². The minimum absolute atomic E-state index is 0.0758. The van der Waals surface area contributed by atoms with Gasteiger partial charge in [-0.3, -0.25) is 4.79 Å². The van der Waals surface area contributed by atoms with Crippen molar-refractivity contribution in [1.29, 1.82) is 0 Å². The number of hydrogen-bond acceptors (Lipinski definition) is 5. The van der Waals surface area contributed by atoms with E-state index in [9.17, 15) is 4.79 Å². The molecule has 0 radical (unpaired) electrons. The summed E-state index contributed by atoms with van der Waals surface area (Å²) < 4.78 is 1.89. The lowest BCUT2D eigenvalue weighted by Crippen LogP contribution is -2.22. The minimum atomic E-state index is -0.306. The van der Waals surface area contributed by atoms with E-state index in [2.05, 4.69) is 20.8 Å². The van der Waals surface area contributed by atoms with Crippen molar-refractivity contribution in [3.05, 3.63) is 64.9 Å². The molecular formula is C20H22ClN5OS. The van der Waals surface area contributed by atoms with Gasteiger partial charge in [-0.25, -0.2) is 0 Å². The third-order valence-electron chi connectivity index (χ3n) is 4.24. The molecule has 146 valence electrons. The molecule has 0 unspecified atom stereocenters. The zero-order chi connectivity index (χ0) is 20.1. The van der Waals surface area contributed by atoms with Crippen molar-refractivity contribution >= 4 is 40.6 Å². The SMILES string of the molecule is Cc1ccc(NCc2nnc(S[C@H](C)C(=O)Nc3ccccc3)n2C)cc1Cl. The monoisotopic (exact) mass is 415 g/mol. The van der Waals surface area contributed by atoms with E-state index in [1.807, 2.05) is 74.0 Å². The maximum atomic E-state index is 12.4. The highest BCUT2D eigenvalue weighted by Gasteiger charge is 2.19. The van der Waals surface area contributed by atoms with E-state index in [0.29, 0.717) is 11.7 Å². The van der Waals surface area contributed by atoms with Crippen molar-refractivity contribution in [2.45, 2.75) is 30.8 Å². The molecule has 2 aromatic carbocycles. The Balaban J connectivity index is 1.59. The topological polar surface area (TPSA) is 71.8 Å². The molecule has 0 aliphatic carbocycles. The van der Waals surface area contributed by atoms with E-state index in [1.54, 1.807) is 0 Å². The minimum Gasteiger partial charge on any atom is -0.378 e. The van der Waals surface area contributed by atoms with Crippen LogP contribution in [-0.2, 0) is 18.4 Å². The van der Waals surface area contributed by atoms with Crippen LogP contribution in [0.5, 0.6) is 0 Å². The van der Waals surface area contributed by atoms with Gasteiger partial charge in [0.05, 0.1) is 11.8 Å². The summed E-state index contributed by atoms with van der Waals surface area (Å²) in [5, 5.41) is 15.8. The molecule has 1 amide bonds. The van der Waals surface area contributed by atoms with Crippen LogP contribution in [0.15, 0.2) is 53.7 Å². The highest BCUT2D eigenvalue weighted by Crippen LogP contribution is 2.24. The van der Waals surface area contributed by atoms with Crippen LogP contribution in [-0.4, -0.2) is 25.9 Å². The number of halogens is 1. The molecule has 28 heavy (non-hydrogen) atoms. The van der Waals surface area contributed by atoms with Crippen LogP contribution < -0.4 is 10.6 Å². The first-order valence-electron chi connectivity index (χ1n) is 8.85. The van der Waals surface area contributed by atoms with Gasteiger partial charge in [0.15, 0.2) is 11.0 Å². The predicted octanol–water partition coefficient (Wildman–Crippen LogP) is 4.51. The number of thioether (sulfide) groups is 1. The van der Waals surface area contributed by atoms with Crippen LogP contribution in [0.4, 0.5) is 11.4 Å². The number of rotatable bonds is 7. The average Bonchev–Trinajstić information content (AvgIpc) is 3.03. The van der Waals surface area contributed by atoms with E-state index in [0.717, 1.165) is 27.8 Å². The van der Waals surface area contributed by atoms with E-state index in [4.69, 9.17) is 11.6 Å². The van der Waals surface area contributed by atoms with Crippen molar-refractivity contribution in [3.63, 3.8) is 0 Å². The van der Waals surface area contributed by atoms with Gasteiger partial charge in [-0.2, -0.15) is 0 Å². The largest absolute Gasteiger partial charge is 0.378 e. The lowest BCUT2D eigenvalue weighted by Gasteiger charge is -2.12. The summed E-state index contributed by atoms with van der Waals surface area (Å²) in [7, 11) is 1.89. The predicted molar refractivity (Wildman–Crippen MR) is 115 cm³/mol. The standard InChI is InChI=1S/C20H22ClN5OS/c1-13-9-10-16(11-17(13)21)22-12-18-24-25-20(26(18)3)28-14(2)19(27)23-15-7-5-4-6-8-15/h4-11,14,22H,12H2,1-3H3,(H,23,27)/t14-/m1/s1. The second-order valence-corrected chi connectivity index (χ2v) is 8.11. The molecule has 1 heterocycles. The number of amides is 1. The number of aromatic nitrogens is 3. The molecule has 0 saturated carbocycles. The summed E-state index contributed by atoms with van der Waals surface area (Å²) in [5.41, 5.74) is 2.73. The van der Waals surface area contributed by atoms with Crippen LogP contribution in [0, 0.1) is 6.92 Å². The van der Waals surface area contributed by atoms with Gasteiger partial charge in [0.1, 0.15) is 0 Å². The number of anilines is 2. The second-order valence-electron chi connectivity index (χ2n) is 6.39. The summed E-state index contributed by atoms with van der Waals surface area (Å²) in [6, 6.07) is 15.2. The van der Waals surface area contributed by atoms with Crippen molar-refractivity contribution < 1.29 is 4.79 Å². The quantitative estimate of drug-likeness (QED) is 0.555. The van der Waals surface area contributed by atoms with Gasteiger partial charge >= 0.3 is 0 Å². The summed E-state index contributed by atoms with van der Waals surface area (Å²) in [4.78, 5) is 12.4. The molecule has 3 aromatic rings. The summed E-state index contributed by atoms with van der Waals surface area (Å²) in [6.07, 6.45) is 0. The lowest BCUT2D eigenvalue weighted by molar-refractivity contribution is -0.115. The Bertz CT molecular complexity index is 960. The number of carbonyl (C=O) groups is 1. The fraction of sp³-hybridized carbons (Fsp3) is 0.250. The number of nitrogens with zero attached hydrogens (tertiary/aromatic N) is 3. The molecular weight excluding hydrogens is 394 g/mol. The summed E-state index contributed by atoms with van der Waals surface area (Å²) in [6.45, 7) is 4.32. The maximum absolute atomic E-state index is 12.4. The van der Waals surface area contributed by atoms with E-state index in [-0.39, 0.29) is 11.2 Å². The Morgan fingerprint density at radius 2 is 1.93 bits per heavy atom. The molecule has 0 aliphatic heterocycles. The number of para-hydroxylation sites is 1. The first-order valence-corrected chi connectivity index (χ1v) is 10.1. The number of hydrogen-bond donors (Lipinski definition) is 2. The number of benzene rings is 2. The molecule has 0 fully saturated rings. The van der Waals surface area contributed by atoms with E-state index < -0.39 is 0 Å². The molecule has 0 aliphatic rings. The van der Waals surface area contributed by atoms with Crippen LogP contribution >= 0.6 is 23.4 Å². The smallest absolute Gasteiger partial charge is 0.237 e. The Hall–Kier alpha value is -2.51. The highest BCUT2D eigenvalue weighted by molar-refractivity contribution is 8.00. The Morgan fingerprint density at radius 1 is 1.18 bits per heavy atom. The molecule has 3 rings (SSSR count). The molecule has 6 nitrogen and oxygen atoms in total. The Kier molecular flexibility index (Phi) is 6.59. The fourth-order valence-corrected chi connectivity index (χ4v) is 3.48. The van der Waals surface area contributed by atoms with E-state index in [1.165, 1.54) is 11.8 Å². The van der Waals surface area contributed by atoms with Gasteiger partial charge in [0, 0.05) is 23.4 Å². The number of carbonyl (C=O) groups excluding carboxylic acids is 1. The molecule has 0 bridgehead atoms. The van der Waals surface area contributed by atoms with Crippen LogP contribution in [0.2, 0.25) is 5.02 Å². The van der Waals surface area contributed by atoms with Gasteiger partial charge in [-0.05, 0) is 43.7 Å². The number of aryl methyl sites for hydroxylation is 1. The number of nitrogens with one attached hydrogen (secondary N) is 2. The van der Waals surface area contributed by atoms with Gasteiger partial charge in [0.25, 0.3) is 0 Å². The molecule has 1 aromatic heterocycles. The molecule has 0 spiro atoms. The molecule has 8 heteroatoms. The molecule has 1 atom stereocenters. The zero-order valence-corrected chi connectivity index (χ0v) is 17.5. The molecule has 0 saturated heterocycles. The van der Waals surface area contributed by atoms with Crippen molar-refractivity contribution in [3.8, 4) is 0 Å². The summed E-state index contributed by atoms with van der Waals surface area (Å²) in [5.74, 6) is 0.697. The molecule has 2 N–H and O–H groups in total. The van der Waals surface area contributed by atoms with Gasteiger partial charge < -0.3 is 15.2 Å². The third-order valence-corrected chi connectivity index (χ3v) is 5.78. The van der Waals surface area contributed by atoms with Gasteiger partial charge in [0.2, 0.25) is 5.91 Å². The van der Waals surface area contributed by atoms with Crippen molar-refractivity contribution in [2.24, 2.45) is 7.05 Å². The average molecular weight is 416 g/mol. The maximum Gasteiger partial charge on any atom is 0.237 e. The van der Waals surface area contributed by atoms with Crippen molar-refractivity contribution in [1.82, 2.24) is 14.8 Å². The van der Waals surface area contributed by atoms with E-state index >= 15 is 0 Å². The Labute approximate surface area is 173 Å². The normalized spacial score (nSPS) is 11.9. The first-order chi connectivity index (χ1) is 13.4. The first kappa shape index (κ1) is 20.2. The fourth-order valence-electron chi connectivity index (χ4n) is 2.46. The van der Waals surface area contributed by atoms with Crippen molar-refractivity contribution in [2.75, 3.05) is 10.6 Å². The van der Waals surface area contributed by atoms with Crippen LogP contribution in [0.1, 0.15) is 18.3 Å². The van der Waals surface area contributed by atoms with Gasteiger partial charge in [-0.1, -0.05) is 47.6 Å². The van der Waals surface area contributed by atoms with Gasteiger partial charge in [-0.15, -0.1) is 10.2 Å². The van der Waals surface area contributed by atoms with Crippen LogP contribution in [0.3, 0.4) is 0 Å². The lowest BCUT2D eigenvalue weighted by atomic mass is 10.2. The zero-order valence-electron chi connectivity index (χ0n) is 15.9. The highest BCUT2D eigenvalue weighted by atomic mass is 35.5. The third kappa shape index (κ3) is 5.05. The second kappa shape index (κ2) is 9.12. The Morgan fingerprint density at radius 3 is 2.64 bits per heavy atom.